The lowest BCUT2D eigenvalue weighted by molar-refractivity contribution is 0.604. The van der Waals surface area contributed by atoms with Crippen LogP contribution >= 0.6 is 11.6 Å². The highest BCUT2D eigenvalue weighted by Crippen LogP contribution is 2.12. The second-order valence-corrected chi connectivity index (χ2v) is 4.02. The summed E-state index contributed by atoms with van der Waals surface area (Å²) < 4.78 is 14.8. The maximum absolute atomic E-state index is 13.1. The standard InChI is InChI=1S/C12H13ClFN3/c1-2-12-11(7-13)15-16-17(12)8-9-4-3-5-10(14)6-9/h3-6H,2,7-8H2,1H3. The Balaban J connectivity index is 2.27. The number of hydrogen-bond acceptors (Lipinski definition) is 2. The molecule has 1 aromatic heterocycles. The average Bonchev–Trinajstić information content (AvgIpc) is 2.71. The topological polar surface area (TPSA) is 30.7 Å². The predicted molar refractivity (Wildman–Crippen MR) is 64.5 cm³/mol. The highest BCUT2D eigenvalue weighted by atomic mass is 35.5. The molecule has 0 bridgehead atoms. The Morgan fingerprint density at radius 3 is 2.88 bits per heavy atom. The summed E-state index contributed by atoms with van der Waals surface area (Å²) in [6, 6.07) is 6.48. The van der Waals surface area contributed by atoms with Gasteiger partial charge in [-0.2, -0.15) is 0 Å². The van der Waals surface area contributed by atoms with Crippen LogP contribution in [0.2, 0.25) is 0 Å². The largest absolute Gasteiger partial charge is 0.245 e. The van der Waals surface area contributed by atoms with Crippen molar-refractivity contribution in [2.45, 2.75) is 25.8 Å². The third-order valence-electron chi connectivity index (χ3n) is 2.60. The van der Waals surface area contributed by atoms with Gasteiger partial charge in [0, 0.05) is 0 Å². The Bertz CT molecular complexity index is 510. The van der Waals surface area contributed by atoms with Crippen molar-refractivity contribution in [2.24, 2.45) is 0 Å². The fourth-order valence-corrected chi connectivity index (χ4v) is 2.00. The fraction of sp³-hybridized carbons (Fsp3) is 0.333. The molecule has 0 unspecified atom stereocenters. The molecule has 0 radical (unpaired) electrons. The van der Waals surface area contributed by atoms with Crippen LogP contribution in [-0.2, 0) is 18.8 Å². The first kappa shape index (κ1) is 12.0. The van der Waals surface area contributed by atoms with Crippen molar-refractivity contribution in [1.29, 1.82) is 0 Å². The molecule has 0 fully saturated rings. The summed E-state index contributed by atoms with van der Waals surface area (Å²) in [5.41, 5.74) is 2.67. The van der Waals surface area contributed by atoms with Gasteiger partial charge in [-0.3, -0.25) is 0 Å². The summed E-state index contributed by atoms with van der Waals surface area (Å²) in [7, 11) is 0. The van der Waals surface area contributed by atoms with Crippen LogP contribution in [0.25, 0.3) is 0 Å². The maximum atomic E-state index is 13.1. The third kappa shape index (κ3) is 2.64. The molecule has 3 nitrogen and oxygen atoms in total. The number of hydrogen-bond donors (Lipinski definition) is 0. The Morgan fingerprint density at radius 1 is 1.41 bits per heavy atom. The normalized spacial score (nSPS) is 10.8. The fourth-order valence-electron chi connectivity index (χ4n) is 1.79. The molecule has 1 heterocycles. The van der Waals surface area contributed by atoms with Gasteiger partial charge in [0.15, 0.2) is 0 Å². The van der Waals surface area contributed by atoms with Crippen LogP contribution in [0.4, 0.5) is 4.39 Å². The molecule has 0 aliphatic heterocycles. The number of benzene rings is 1. The van der Waals surface area contributed by atoms with Gasteiger partial charge >= 0.3 is 0 Å². The molecule has 2 aromatic rings. The van der Waals surface area contributed by atoms with Gasteiger partial charge in [0.2, 0.25) is 0 Å². The summed E-state index contributed by atoms with van der Waals surface area (Å²) in [5.74, 6) is 0.116. The smallest absolute Gasteiger partial charge is 0.123 e. The predicted octanol–water partition coefficient (Wildman–Crippen LogP) is 2.77. The van der Waals surface area contributed by atoms with E-state index in [0.29, 0.717) is 12.4 Å². The summed E-state index contributed by atoms with van der Waals surface area (Å²) in [4.78, 5) is 0. The zero-order valence-electron chi connectivity index (χ0n) is 9.53. The highest BCUT2D eigenvalue weighted by Gasteiger charge is 2.10. The first-order valence-electron chi connectivity index (χ1n) is 5.46. The second-order valence-electron chi connectivity index (χ2n) is 3.76. The van der Waals surface area contributed by atoms with Gasteiger partial charge in [-0.1, -0.05) is 24.3 Å². The van der Waals surface area contributed by atoms with E-state index in [4.69, 9.17) is 11.6 Å². The minimum atomic E-state index is -0.238. The van der Waals surface area contributed by atoms with Crippen molar-refractivity contribution in [3.05, 3.63) is 47.0 Å². The molecule has 90 valence electrons. The minimum absolute atomic E-state index is 0.238. The van der Waals surface area contributed by atoms with Gasteiger partial charge in [0.25, 0.3) is 0 Å². The first-order chi connectivity index (χ1) is 8.24. The molecular weight excluding hydrogens is 241 g/mol. The minimum Gasteiger partial charge on any atom is -0.245 e. The molecule has 1 aromatic carbocycles. The number of alkyl halides is 1. The summed E-state index contributed by atoms with van der Waals surface area (Å²) >= 11 is 5.78. The van der Waals surface area contributed by atoms with E-state index in [1.807, 2.05) is 13.0 Å². The maximum Gasteiger partial charge on any atom is 0.123 e. The van der Waals surface area contributed by atoms with E-state index in [-0.39, 0.29) is 5.82 Å². The molecule has 2 rings (SSSR count). The Hall–Kier alpha value is -1.42. The van der Waals surface area contributed by atoms with Gasteiger partial charge in [-0.25, -0.2) is 9.07 Å². The lowest BCUT2D eigenvalue weighted by Gasteiger charge is -2.05. The van der Waals surface area contributed by atoms with Gasteiger partial charge in [0.1, 0.15) is 11.5 Å². The van der Waals surface area contributed by atoms with Crippen molar-refractivity contribution in [1.82, 2.24) is 15.0 Å². The Morgan fingerprint density at radius 2 is 2.24 bits per heavy atom. The van der Waals surface area contributed by atoms with E-state index in [1.54, 1.807) is 10.7 Å². The number of halogens is 2. The molecule has 5 heteroatoms. The molecule has 0 saturated carbocycles. The van der Waals surface area contributed by atoms with Crippen LogP contribution < -0.4 is 0 Å². The van der Waals surface area contributed by atoms with Gasteiger partial charge in [-0.05, 0) is 24.1 Å². The van der Waals surface area contributed by atoms with Crippen molar-refractivity contribution >= 4 is 11.6 Å². The van der Waals surface area contributed by atoms with Crippen molar-refractivity contribution < 1.29 is 4.39 Å². The van der Waals surface area contributed by atoms with E-state index in [1.165, 1.54) is 12.1 Å². The van der Waals surface area contributed by atoms with Crippen LogP contribution in [0.15, 0.2) is 24.3 Å². The Labute approximate surface area is 104 Å². The van der Waals surface area contributed by atoms with Crippen molar-refractivity contribution in [2.75, 3.05) is 0 Å². The number of nitrogens with zero attached hydrogens (tertiary/aromatic N) is 3. The van der Waals surface area contributed by atoms with Gasteiger partial charge in [-0.15, -0.1) is 16.7 Å². The zero-order valence-corrected chi connectivity index (χ0v) is 10.3. The third-order valence-corrected chi connectivity index (χ3v) is 2.85. The second kappa shape index (κ2) is 5.27. The van der Waals surface area contributed by atoms with E-state index in [9.17, 15) is 4.39 Å². The lowest BCUT2D eigenvalue weighted by Crippen LogP contribution is -2.06. The van der Waals surface area contributed by atoms with Crippen molar-refractivity contribution in [3.8, 4) is 0 Å². The molecule has 0 saturated heterocycles. The monoisotopic (exact) mass is 253 g/mol. The van der Waals surface area contributed by atoms with Crippen LogP contribution in [0.1, 0.15) is 23.9 Å². The molecule has 17 heavy (non-hydrogen) atoms. The van der Waals surface area contributed by atoms with Gasteiger partial charge < -0.3 is 0 Å². The summed E-state index contributed by atoms with van der Waals surface area (Å²) in [6.07, 6.45) is 0.810. The summed E-state index contributed by atoms with van der Waals surface area (Å²) in [5, 5.41) is 8.05. The number of aromatic nitrogens is 3. The molecule has 0 spiro atoms. The van der Waals surface area contributed by atoms with E-state index in [2.05, 4.69) is 10.3 Å². The first-order valence-corrected chi connectivity index (χ1v) is 5.99. The van der Waals surface area contributed by atoms with E-state index >= 15 is 0 Å². The van der Waals surface area contributed by atoms with E-state index in [0.717, 1.165) is 23.4 Å². The van der Waals surface area contributed by atoms with Crippen LogP contribution in [0.5, 0.6) is 0 Å². The average molecular weight is 254 g/mol. The molecule has 0 aliphatic carbocycles. The van der Waals surface area contributed by atoms with Crippen molar-refractivity contribution in [3.63, 3.8) is 0 Å². The Kier molecular flexibility index (Phi) is 3.74. The molecule has 0 atom stereocenters. The summed E-state index contributed by atoms with van der Waals surface area (Å²) in [6.45, 7) is 2.54. The molecular formula is C12H13ClFN3. The number of rotatable bonds is 4. The molecule has 0 amide bonds. The lowest BCUT2D eigenvalue weighted by atomic mass is 10.2. The molecule has 0 aliphatic rings. The van der Waals surface area contributed by atoms with E-state index < -0.39 is 0 Å². The molecule has 0 N–H and O–H groups in total. The van der Waals surface area contributed by atoms with Gasteiger partial charge in [0.05, 0.1) is 18.1 Å². The van der Waals surface area contributed by atoms with Crippen LogP contribution in [0, 0.1) is 5.82 Å². The zero-order chi connectivity index (χ0) is 12.3. The quantitative estimate of drug-likeness (QED) is 0.785. The van der Waals surface area contributed by atoms with Crippen LogP contribution in [-0.4, -0.2) is 15.0 Å². The van der Waals surface area contributed by atoms with Crippen LogP contribution in [0.3, 0.4) is 0 Å². The SMILES string of the molecule is CCc1c(CCl)nnn1Cc1cccc(F)c1. The highest BCUT2D eigenvalue weighted by molar-refractivity contribution is 6.16.